The lowest BCUT2D eigenvalue weighted by Gasteiger charge is -2.36. The van der Waals surface area contributed by atoms with E-state index in [0.29, 0.717) is 18.4 Å². The maximum atomic E-state index is 11.5. The number of hydrogen-bond acceptors (Lipinski definition) is 2. The zero-order valence-corrected chi connectivity index (χ0v) is 11.9. The van der Waals surface area contributed by atoms with Crippen LogP contribution in [-0.2, 0) is 4.79 Å². The summed E-state index contributed by atoms with van der Waals surface area (Å²) in [7, 11) is 0. The summed E-state index contributed by atoms with van der Waals surface area (Å²) in [6.07, 6.45) is 2.95. The third-order valence-electron chi connectivity index (χ3n) is 3.64. The van der Waals surface area contributed by atoms with Gasteiger partial charge in [-0.2, -0.15) is 0 Å². The van der Waals surface area contributed by atoms with E-state index in [1.165, 1.54) is 18.4 Å². The van der Waals surface area contributed by atoms with E-state index >= 15 is 0 Å². The Kier molecular flexibility index (Phi) is 4.97. The van der Waals surface area contributed by atoms with Gasteiger partial charge >= 0.3 is 0 Å². The van der Waals surface area contributed by atoms with Gasteiger partial charge in [0, 0.05) is 25.0 Å². The molecule has 0 bridgehead atoms. The molecule has 0 aromatic heterocycles. The first kappa shape index (κ1) is 14.1. The van der Waals surface area contributed by atoms with Gasteiger partial charge in [0.15, 0.2) is 0 Å². The molecule has 1 aromatic carbocycles. The van der Waals surface area contributed by atoms with Crippen molar-refractivity contribution in [3.8, 4) is 0 Å². The second-order valence-corrected chi connectivity index (χ2v) is 5.70. The Hall–Kier alpha value is -1.35. The van der Waals surface area contributed by atoms with E-state index in [2.05, 4.69) is 41.0 Å². The highest BCUT2D eigenvalue weighted by Crippen LogP contribution is 2.36. The average molecular weight is 260 g/mol. The average Bonchev–Trinajstić information content (AvgIpc) is 2.32. The number of carbonyl (C=O) groups excluding carboxylic acids is 1. The van der Waals surface area contributed by atoms with Crippen LogP contribution in [-0.4, -0.2) is 24.5 Å². The first-order valence-electron chi connectivity index (χ1n) is 7.23. The van der Waals surface area contributed by atoms with Crippen molar-refractivity contribution in [2.45, 2.75) is 51.1 Å². The van der Waals surface area contributed by atoms with E-state index in [-0.39, 0.29) is 11.9 Å². The quantitative estimate of drug-likeness (QED) is 0.825. The highest BCUT2D eigenvalue weighted by Gasteiger charge is 2.29. The Balaban J connectivity index is 1.60. The van der Waals surface area contributed by atoms with Gasteiger partial charge in [-0.1, -0.05) is 30.3 Å². The largest absolute Gasteiger partial charge is 0.354 e. The Morgan fingerprint density at radius 1 is 1.26 bits per heavy atom. The fourth-order valence-electron chi connectivity index (χ4n) is 2.57. The van der Waals surface area contributed by atoms with E-state index in [1.807, 2.05) is 13.8 Å². The second kappa shape index (κ2) is 6.71. The minimum absolute atomic E-state index is 0.140. The predicted octanol–water partition coefficient (Wildman–Crippen LogP) is 2.44. The molecular formula is C16H24N2O. The van der Waals surface area contributed by atoms with Crippen molar-refractivity contribution in [1.29, 1.82) is 0 Å². The maximum absolute atomic E-state index is 11.5. The lowest BCUT2D eigenvalue weighted by Crippen LogP contribution is -2.42. The predicted molar refractivity (Wildman–Crippen MR) is 78.1 cm³/mol. The van der Waals surface area contributed by atoms with Crippen molar-refractivity contribution in [2.24, 2.45) is 0 Å². The highest BCUT2D eigenvalue weighted by molar-refractivity contribution is 5.76. The summed E-state index contributed by atoms with van der Waals surface area (Å²) in [5.74, 6) is 0.838. The molecule has 0 heterocycles. The normalized spacial score (nSPS) is 22.1. The molecule has 1 saturated carbocycles. The zero-order valence-electron chi connectivity index (χ0n) is 11.9. The number of nitrogens with one attached hydrogen (secondary N) is 2. The fraction of sp³-hybridized carbons (Fsp3) is 0.562. The molecule has 0 aliphatic heterocycles. The van der Waals surface area contributed by atoms with Crippen LogP contribution in [0.5, 0.6) is 0 Å². The van der Waals surface area contributed by atoms with E-state index < -0.39 is 0 Å². The number of rotatable bonds is 6. The molecule has 19 heavy (non-hydrogen) atoms. The van der Waals surface area contributed by atoms with Crippen LogP contribution in [0.2, 0.25) is 0 Å². The van der Waals surface area contributed by atoms with E-state index in [0.717, 1.165) is 6.54 Å². The molecular weight excluding hydrogens is 236 g/mol. The zero-order chi connectivity index (χ0) is 13.7. The molecule has 3 nitrogen and oxygen atoms in total. The Morgan fingerprint density at radius 3 is 2.58 bits per heavy atom. The van der Waals surface area contributed by atoms with Gasteiger partial charge in [0.05, 0.1) is 0 Å². The standard InChI is InChI=1S/C16H24N2O/c1-12(2)18-16(19)8-9-17-15-10-14(11-15)13-6-4-3-5-7-13/h3-7,12,14-15,17H,8-11H2,1-2H3,(H,18,19). The molecule has 1 fully saturated rings. The van der Waals surface area contributed by atoms with Gasteiger partial charge < -0.3 is 10.6 Å². The minimum Gasteiger partial charge on any atom is -0.354 e. The third kappa shape index (κ3) is 4.35. The summed E-state index contributed by atoms with van der Waals surface area (Å²) in [5, 5.41) is 6.37. The van der Waals surface area contributed by atoms with Crippen molar-refractivity contribution in [3.05, 3.63) is 35.9 Å². The van der Waals surface area contributed by atoms with Crippen LogP contribution in [0.4, 0.5) is 0 Å². The van der Waals surface area contributed by atoms with Crippen LogP contribution in [0.15, 0.2) is 30.3 Å². The first-order chi connectivity index (χ1) is 9.15. The topological polar surface area (TPSA) is 41.1 Å². The highest BCUT2D eigenvalue weighted by atomic mass is 16.1. The lowest BCUT2D eigenvalue weighted by molar-refractivity contribution is -0.121. The molecule has 2 N–H and O–H groups in total. The first-order valence-corrected chi connectivity index (χ1v) is 7.23. The van der Waals surface area contributed by atoms with Gasteiger partial charge in [0.2, 0.25) is 5.91 Å². The van der Waals surface area contributed by atoms with Gasteiger partial charge in [-0.25, -0.2) is 0 Å². The summed E-state index contributed by atoms with van der Waals surface area (Å²) < 4.78 is 0. The molecule has 0 radical (unpaired) electrons. The van der Waals surface area contributed by atoms with Gasteiger partial charge in [0.1, 0.15) is 0 Å². The van der Waals surface area contributed by atoms with Crippen molar-refractivity contribution in [1.82, 2.24) is 10.6 Å². The van der Waals surface area contributed by atoms with Crippen LogP contribution < -0.4 is 10.6 Å². The Labute approximate surface area is 115 Å². The Bertz CT molecular complexity index is 396. The molecule has 1 aliphatic carbocycles. The smallest absolute Gasteiger partial charge is 0.221 e. The van der Waals surface area contributed by atoms with Crippen molar-refractivity contribution in [2.75, 3.05) is 6.54 Å². The van der Waals surface area contributed by atoms with Crippen LogP contribution in [0.3, 0.4) is 0 Å². The van der Waals surface area contributed by atoms with Crippen LogP contribution >= 0.6 is 0 Å². The number of benzene rings is 1. The van der Waals surface area contributed by atoms with E-state index in [4.69, 9.17) is 0 Å². The minimum atomic E-state index is 0.140. The molecule has 1 amide bonds. The summed E-state index contributed by atoms with van der Waals surface area (Å²) in [4.78, 5) is 11.5. The van der Waals surface area contributed by atoms with Gasteiger partial charge in [-0.3, -0.25) is 4.79 Å². The molecule has 0 spiro atoms. The van der Waals surface area contributed by atoms with E-state index in [9.17, 15) is 4.79 Å². The van der Waals surface area contributed by atoms with Crippen molar-refractivity contribution < 1.29 is 4.79 Å². The summed E-state index contributed by atoms with van der Waals surface area (Å²) in [5.41, 5.74) is 1.44. The summed E-state index contributed by atoms with van der Waals surface area (Å²) >= 11 is 0. The van der Waals surface area contributed by atoms with Crippen LogP contribution in [0.1, 0.15) is 44.6 Å². The molecule has 0 saturated heterocycles. The van der Waals surface area contributed by atoms with Gasteiger partial charge in [-0.15, -0.1) is 0 Å². The molecule has 2 rings (SSSR count). The van der Waals surface area contributed by atoms with Crippen LogP contribution in [0, 0.1) is 0 Å². The lowest BCUT2D eigenvalue weighted by atomic mass is 9.76. The molecule has 1 aromatic rings. The molecule has 0 atom stereocenters. The maximum Gasteiger partial charge on any atom is 0.221 e. The number of hydrogen-bond donors (Lipinski definition) is 2. The van der Waals surface area contributed by atoms with Crippen molar-refractivity contribution in [3.63, 3.8) is 0 Å². The second-order valence-electron chi connectivity index (χ2n) is 5.70. The van der Waals surface area contributed by atoms with Gasteiger partial charge in [0.25, 0.3) is 0 Å². The third-order valence-corrected chi connectivity index (χ3v) is 3.64. The van der Waals surface area contributed by atoms with Gasteiger partial charge in [-0.05, 0) is 38.2 Å². The number of carbonyl (C=O) groups is 1. The van der Waals surface area contributed by atoms with Crippen molar-refractivity contribution >= 4 is 5.91 Å². The Morgan fingerprint density at radius 2 is 1.95 bits per heavy atom. The molecule has 1 aliphatic rings. The van der Waals surface area contributed by atoms with Crippen LogP contribution in [0.25, 0.3) is 0 Å². The summed E-state index contributed by atoms with van der Waals surface area (Å²) in [6, 6.07) is 11.5. The molecule has 3 heteroatoms. The monoisotopic (exact) mass is 260 g/mol. The molecule has 104 valence electrons. The number of amides is 1. The van der Waals surface area contributed by atoms with E-state index in [1.54, 1.807) is 0 Å². The molecule has 0 unspecified atom stereocenters. The SMILES string of the molecule is CC(C)NC(=O)CCNC1CC(c2ccccc2)C1. The fourth-order valence-corrected chi connectivity index (χ4v) is 2.57. The summed E-state index contributed by atoms with van der Waals surface area (Å²) in [6.45, 7) is 4.76.